The maximum atomic E-state index is 11.8. The van der Waals surface area contributed by atoms with Crippen LogP contribution in [-0.4, -0.2) is 31.9 Å². The molecule has 19 heavy (non-hydrogen) atoms. The minimum absolute atomic E-state index is 0.0145. The molecule has 0 aliphatic carbocycles. The van der Waals surface area contributed by atoms with Crippen LogP contribution in [0, 0.1) is 0 Å². The van der Waals surface area contributed by atoms with Crippen molar-refractivity contribution in [2.75, 3.05) is 6.61 Å². The van der Waals surface area contributed by atoms with Crippen LogP contribution in [0.1, 0.15) is 13.8 Å². The third-order valence-electron chi connectivity index (χ3n) is 2.03. The van der Waals surface area contributed by atoms with Gasteiger partial charge in [-0.05, 0) is 31.2 Å². The van der Waals surface area contributed by atoms with Gasteiger partial charge in [-0.15, -0.1) is 0 Å². The summed E-state index contributed by atoms with van der Waals surface area (Å²) in [4.78, 5) is 11.1. The van der Waals surface area contributed by atoms with Gasteiger partial charge in [0, 0.05) is 11.9 Å². The van der Waals surface area contributed by atoms with Gasteiger partial charge in [0.15, 0.2) is 0 Å². The molecule has 0 spiro atoms. The molecule has 1 atom stereocenters. The zero-order chi connectivity index (χ0) is 14.7. The first-order valence-electron chi connectivity index (χ1n) is 5.30. The summed E-state index contributed by atoms with van der Waals surface area (Å²) in [6, 6.07) is 5.07. The Bertz CT molecular complexity index is 549. The van der Waals surface area contributed by atoms with Crippen molar-refractivity contribution in [1.82, 2.24) is 0 Å². The van der Waals surface area contributed by atoms with E-state index in [1.54, 1.807) is 0 Å². The molecule has 1 unspecified atom stereocenters. The summed E-state index contributed by atoms with van der Waals surface area (Å²) in [7, 11) is -4.31. The van der Waals surface area contributed by atoms with Crippen LogP contribution in [0.3, 0.4) is 0 Å². The lowest BCUT2D eigenvalue weighted by Crippen LogP contribution is -2.41. The molecule has 0 saturated carbocycles. The highest BCUT2D eigenvalue weighted by molar-refractivity contribution is 7.86. The molecule has 6 nitrogen and oxygen atoms in total. The van der Waals surface area contributed by atoms with Gasteiger partial charge in [0.2, 0.25) is 0 Å². The Kier molecular flexibility index (Phi) is 4.92. The number of carbonyl (C=O) groups is 1. The van der Waals surface area contributed by atoms with Gasteiger partial charge in [-0.2, -0.15) is 8.42 Å². The molecule has 0 saturated heterocycles. The van der Waals surface area contributed by atoms with E-state index in [1.807, 2.05) is 0 Å². The summed E-state index contributed by atoms with van der Waals surface area (Å²) in [5, 5.41) is 10.0. The van der Waals surface area contributed by atoms with Gasteiger partial charge in [-0.25, -0.2) is 8.98 Å². The van der Waals surface area contributed by atoms with Crippen LogP contribution in [0.5, 0.6) is 0 Å². The van der Waals surface area contributed by atoms with E-state index >= 15 is 0 Å². The van der Waals surface area contributed by atoms with E-state index in [9.17, 15) is 18.3 Å². The second-order valence-corrected chi connectivity index (χ2v) is 5.68. The predicted octanol–water partition coefficient (Wildman–Crippen LogP) is 1.32. The first kappa shape index (κ1) is 15.9. The van der Waals surface area contributed by atoms with Gasteiger partial charge in [0.05, 0.1) is 11.5 Å². The van der Waals surface area contributed by atoms with Crippen LogP contribution >= 0.6 is 11.6 Å². The van der Waals surface area contributed by atoms with Gasteiger partial charge in [-0.1, -0.05) is 11.6 Å². The Morgan fingerprint density at radius 3 is 2.37 bits per heavy atom. The maximum absolute atomic E-state index is 11.8. The largest absolute Gasteiger partial charge is 0.462 e. The molecule has 0 aliphatic heterocycles. The van der Waals surface area contributed by atoms with Crippen LogP contribution in [0.4, 0.5) is 0 Å². The van der Waals surface area contributed by atoms with Crippen LogP contribution in [0.2, 0.25) is 5.02 Å². The number of hydrogen-bond donors (Lipinski definition) is 1. The Balaban J connectivity index is 2.96. The van der Waals surface area contributed by atoms with E-state index in [-0.39, 0.29) is 11.5 Å². The highest BCUT2D eigenvalue weighted by atomic mass is 35.5. The Morgan fingerprint density at radius 1 is 1.37 bits per heavy atom. The molecular weight excluding hydrogens is 296 g/mol. The molecule has 0 heterocycles. The second-order valence-electron chi connectivity index (χ2n) is 3.69. The van der Waals surface area contributed by atoms with E-state index in [0.29, 0.717) is 5.02 Å². The summed E-state index contributed by atoms with van der Waals surface area (Å²) < 4.78 is 32.7. The van der Waals surface area contributed by atoms with Crippen molar-refractivity contribution in [2.45, 2.75) is 24.5 Å². The Hall–Kier alpha value is -1.15. The molecule has 0 fully saturated rings. The number of carbonyl (C=O) groups excluding carboxylic acids is 1. The minimum Gasteiger partial charge on any atom is -0.462 e. The molecule has 8 heteroatoms. The fraction of sp³-hybridized carbons (Fsp3) is 0.364. The molecule has 0 radical (unpaired) electrons. The van der Waals surface area contributed by atoms with Gasteiger partial charge >= 0.3 is 5.97 Å². The van der Waals surface area contributed by atoms with Crippen molar-refractivity contribution < 1.29 is 27.2 Å². The van der Waals surface area contributed by atoms with Crippen molar-refractivity contribution in [3.05, 3.63) is 29.3 Å². The number of hydrogen-bond acceptors (Lipinski definition) is 6. The lowest BCUT2D eigenvalue weighted by Gasteiger charge is -2.20. The summed E-state index contributed by atoms with van der Waals surface area (Å²) >= 11 is 5.63. The number of aliphatic hydroxyl groups is 1. The van der Waals surface area contributed by atoms with Crippen LogP contribution in [0.25, 0.3) is 0 Å². The normalized spacial score (nSPS) is 14.7. The predicted molar refractivity (Wildman–Crippen MR) is 67.0 cm³/mol. The Labute approximate surface area is 116 Å². The standard InChI is InChI=1S/C11H13ClO6S/c1-3-17-10(13)11(2,14)18-19(15,16)9-6-4-8(12)5-7-9/h4-7,14H,3H2,1-2H3. The number of benzene rings is 1. The fourth-order valence-corrected chi connectivity index (χ4v) is 2.35. The number of esters is 1. The van der Waals surface area contributed by atoms with E-state index in [0.717, 1.165) is 6.92 Å². The minimum atomic E-state index is -4.31. The highest BCUT2D eigenvalue weighted by Gasteiger charge is 2.39. The summed E-state index contributed by atoms with van der Waals surface area (Å²) in [5.74, 6) is -3.78. The van der Waals surface area contributed by atoms with Crippen LogP contribution in [-0.2, 0) is 23.8 Å². The number of rotatable bonds is 5. The van der Waals surface area contributed by atoms with Crippen molar-refractivity contribution >= 4 is 27.7 Å². The number of halogens is 1. The van der Waals surface area contributed by atoms with Gasteiger partial charge < -0.3 is 9.84 Å². The molecule has 0 amide bonds. The third-order valence-corrected chi connectivity index (χ3v) is 3.67. The van der Waals surface area contributed by atoms with Crippen molar-refractivity contribution in [3.63, 3.8) is 0 Å². The first-order chi connectivity index (χ1) is 8.69. The molecule has 0 aliphatic rings. The average molecular weight is 309 g/mol. The summed E-state index contributed by atoms with van der Waals surface area (Å²) in [5.41, 5.74) is 0. The van der Waals surface area contributed by atoms with Crippen LogP contribution < -0.4 is 0 Å². The monoisotopic (exact) mass is 308 g/mol. The van der Waals surface area contributed by atoms with Gasteiger partial charge in [0.1, 0.15) is 0 Å². The van der Waals surface area contributed by atoms with Crippen LogP contribution in [0.15, 0.2) is 29.2 Å². The molecule has 0 aromatic heterocycles. The Morgan fingerprint density at radius 2 is 1.89 bits per heavy atom. The van der Waals surface area contributed by atoms with E-state index < -0.39 is 21.9 Å². The molecule has 0 bridgehead atoms. The molecule has 1 N–H and O–H groups in total. The SMILES string of the molecule is CCOC(=O)C(C)(O)OS(=O)(=O)c1ccc(Cl)cc1. The van der Waals surface area contributed by atoms with Crippen molar-refractivity contribution in [2.24, 2.45) is 0 Å². The average Bonchev–Trinajstić information content (AvgIpc) is 2.28. The summed E-state index contributed by atoms with van der Waals surface area (Å²) in [6.07, 6.45) is 0. The first-order valence-corrected chi connectivity index (χ1v) is 7.08. The number of ether oxygens (including phenoxy) is 1. The molecular formula is C11H13ClO6S. The van der Waals surface area contributed by atoms with E-state index in [4.69, 9.17) is 11.6 Å². The highest BCUT2D eigenvalue weighted by Crippen LogP contribution is 2.21. The zero-order valence-electron chi connectivity index (χ0n) is 10.3. The topological polar surface area (TPSA) is 89.9 Å². The molecule has 1 aromatic rings. The molecule has 1 rings (SSSR count). The zero-order valence-corrected chi connectivity index (χ0v) is 11.9. The summed E-state index contributed by atoms with van der Waals surface area (Å²) in [6.45, 7) is 2.39. The van der Waals surface area contributed by atoms with E-state index in [1.165, 1.54) is 31.2 Å². The molecule has 106 valence electrons. The van der Waals surface area contributed by atoms with Crippen molar-refractivity contribution in [3.8, 4) is 0 Å². The van der Waals surface area contributed by atoms with E-state index in [2.05, 4.69) is 8.92 Å². The lowest BCUT2D eigenvalue weighted by atomic mass is 10.3. The smallest absolute Gasteiger partial charge is 0.367 e. The van der Waals surface area contributed by atoms with Gasteiger partial charge in [-0.3, -0.25) is 0 Å². The lowest BCUT2D eigenvalue weighted by molar-refractivity contribution is -0.193. The molecule has 1 aromatic carbocycles. The second kappa shape index (κ2) is 5.87. The van der Waals surface area contributed by atoms with Gasteiger partial charge in [0.25, 0.3) is 15.9 Å². The third kappa shape index (κ3) is 4.17. The van der Waals surface area contributed by atoms with Crippen molar-refractivity contribution in [1.29, 1.82) is 0 Å². The fourth-order valence-electron chi connectivity index (χ4n) is 1.16. The maximum Gasteiger partial charge on any atom is 0.367 e. The quantitative estimate of drug-likeness (QED) is 0.501.